The average molecular weight is 262 g/mol. The Balaban J connectivity index is 2.71. The average Bonchev–Trinajstić information content (AvgIpc) is 2.31. The maximum atomic E-state index is 12.2. The summed E-state index contributed by atoms with van der Waals surface area (Å²) in [5.41, 5.74) is 1.80. The molecular formula is C13H14N2O2S. The van der Waals surface area contributed by atoms with Crippen LogP contribution in [0.1, 0.15) is 24.2 Å². The summed E-state index contributed by atoms with van der Waals surface area (Å²) >= 11 is 5.13. The summed E-state index contributed by atoms with van der Waals surface area (Å²) in [5.74, 6) is 0. The number of aromatic amines is 1. The lowest BCUT2D eigenvalue weighted by molar-refractivity contribution is 0.196. The second-order valence-corrected chi connectivity index (χ2v) is 4.59. The van der Waals surface area contributed by atoms with Gasteiger partial charge in [-0.2, -0.15) is 0 Å². The van der Waals surface area contributed by atoms with E-state index in [-0.39, 0.29) is 5.56 Å². The van der Waals surface area contributed by atoms with E-state index in [2.05, 4.69) is 4.98 Å². The SMILES string of the molecule is Cc1ccc(-n2c(=S)[nH]cc(C(C)O)c2=O)cc1. The summed E-state index contributed by atoms with van der Waals surface area (Å²) in [6.07, 6.45) is 0.626. The van der Waals surface area contributed by atoms with Gasteiger partial charge in [0, 0.05) is 6.20 Å². The van der Waals surface area contributed by atoms with Crippen molar-refractivity contribution in [2.24, 2.45) is 0 Å². The lowest BCUT2D eigenvalue weighted by atomic mass is 10.2. The number of rotatable bonds is 2. The number of benzene rings is 1. The van der Waals surface area contributed by atoms with Crippen LogP contribution in [0.4, 0.5) is 0 Å². The number of aliphatic hydroxyl groups excluding tert-OH is 1. The van der Waals surface area contributed by atoms with E-state index in [4.69, 9.17) is 12.2 Å². The Morgan fingerprint density at radius 3 is 2.50 bits per heavy atom. The summed E-state index contributed by atoms with van der Waals surface area (Å²) < 4.78 is 1.70. The first-order chi connectivity index (χ1) is 8.50. The van der Waals surface area contributed by atoms with Gasteiger partial charge in [0.1, 0.15) is 0 Å². The van der Waals surface area contributed by atoms with E-state index in [9.17, 15) is 9.90 Å². The Hall–Kier alpha value is -1.72. The third kappa shape index (κ3) is 2.27. The molecule has 1 atom stereocenters. The molecule has 4 nitrogen and oxygen atoms in total. The first kappa shape index (κ1) is 12.7. The molecule has 94 valence electrons. The molecule has 1 heterocycles. The number of aliphatic hydroxyl groups is 1. The Morgan fingerprint density at radius 1 is 1.33 bits per heavy atom. The Morgan fingerprint density at radius 2 is 1.94 bits per heavy atom. The highest BCUT2D eigenvalue weighted by Crippen LogP contribution is 2.10. The minimum absolute atomic E-state index is 0.294. The van der Waals surface area contributed by atoms with Crippen LogP contribution in [0.5, 0.6) is 0 Å². The van der Waals surface area contributed by atoms with Gasteiger partial charge < -0.3 is 10.1 Å². The predicted octanol–water partition coefficient (Wildman–Crippen LogP) is 2.26. The molecule has 2 aromatic rings. The Labute approximate surface area is 110 Å². The van der Waals surface area contributed by atoms with Gasteiger partial charge in [-0.1, -0.05) is 17.7 Å². The van der Waals surface area contributed by atoms with E-state index in [1.165, 1.54) is 10.8 Å². The molecule has 2 N–H and O–H groups in total. The molecule has 0 spiro atoms. The molecule has 1 aromatic heterocycles. The molecule has 0 fully saturated rings. The van der Waals surface area contributed by atoms with E-state index in [0.29, 0.717) is 16.0 Å². The number of nitrogens with one attached hydrogen (secondary N) is 1. The molecule has 0 saturated heterocycles. The molecule has 18 heavy (non-hydrogen) atoms. The highest BCUT2D eigenvalue weighted by molar-refractivity contribution is 7.71. The van der Waals surface area contributed by atoms with Gasteiger partial charge >= 0.3 is 0 Å². The summed E-state index contributed by atoms with van der Waals surface area (Å²) in [6.45, 7) is 3.52. The van der Waals surface area contributed by atoms with Crippen molar-refractivity contribution < 1.29 is 5.11 Å². The molecular weight excluding hydrogens is 248 g/mol. The van der Waals surface area contributed by atoms with Crippen molar-refractivity contribution in [3.63, 3.8) is 0 Å². The standard InChI is InChI=1S/C13H14N2O2S/c1-8-3-5-10(6-4-8)15-12(17)11(9(2)16)7-14-13(15)18/h3-7,9,16H,1-2H3,(H,14,18). The molecule has 0 aliphatic heterocycles. The van der Waals surface area contributed by atoms with Crippen LogP contribution in [-0.4, -0.2) is 14.7 Å². The first-order valence-electron chi connectivity index (χ1n) is 5.60. The number of aryl methyl sites for hydroxylation is 1. The van der Waals surface area contributed by atoms with Gasteiger partial charge in [0.15, 0.2) is 4.77 Å². The quantitative estimate of drug-likeness (QED) is 0.816. The molecule has 0 aliphatic rings. The number of hydrogen-bond donors (Lipinski definition) is 2. The molecule has 2 rings (SSSR count). The second kappa shape index (κ2) is 4.88. The molecule has 5 heteroatoms. The number of aromatic nitrogens is 2. The van der Waals surface area contributed by atoms with E-state index < -0.39 is 6.10 Å². The summed E-state index contributed by atoms with van der Waals surface area (Å²) in [6, 6.07) is 7.47. The maximum Gasteiger partial charge on any atom is 0.264 e. The van der Waals surface area contributed by atoms with Gasteiger partial charge in [-0.25, -0.2) is 0 Å². The van der Waals surface area contributed by atoms with Gasteiger partial charge in [0.05, 0.1) is 17.4 Å². The van der Waals surface area contributed by atoms with Crippen LogP contribution < -0.4 is 5.56 Å². The number of hydrogen-bond acceptors (Lipinski definition) is 3. The Kier molecular flexibility index (Phi) is 3.45. The zero-order chi connectivity index (χ0) is 13.3. The van der Waals surface area contributed by atoms with Crippen LogP contribution in [0.15, 0.2) is 35.3 Å². The van der Waals surface area contributed by atoms with Crippen molar-refractivity contribution in [3.05, 3.63) is 56.7 Å². The lowest BCUT2D eigenvalue weighted by Crippen LogP contribution is -2.25. The predicted molar refractivity (Wildman–Crippen MR) is 72.6 cm³/mol. The van der Waals surface area contributed by atoms with E-state index in [1.54, 1.807) is 6.92 Å². The molecule has 1 aromatic carbocycles. The highest BCUT2D eigenvalue weighted by Gasteiger charge is 2.11. The number of nitrogens with zero attached hydrogens (tertiary/aromatic N) is 1. The largest absolute Gasteiger partial charge is 0.388 e. The van der Waals surface area contributed by atoms with Gasteiger partial charge in [0.25, 0.3) is 5.56 Å². The maximum absolute atomic E-state index is 12.2. The van der Waals surface area contributed by atoms with Crippen LogP contribution >= 0.6 is 12.2 Å². The zero-order valence-corrected chi connectivity index (χ0v) is 11.0. The van der Waals surface area contributed by atoms with E-state index >= 15 is 0 Å². The summed E-state index contributed by atoms with van der Waals surface area (Å²) in [5, 5.41) is 9.54. The topological polar surface area (TPSA) is 58.0 Å². The molecule has 1 unspecified atom stereocenters. The smallest absolute Gasteiger partial charge is 0.264 e. The fourth-order valence-electron chi connectivity index (χ4n) is 1.71. The minimum Gasteiger partial charge on any atom is -0.388 e. The van der Waals surface area contributed by atoms with Crippen LogP contribution in [0.3, 0.4) is 0 Å². The van der Waals surface area contributed by atoms with Gasteiger partial charge in [0.2, 0.25) is 0 Å². The summed E-state index contributed by atoms with van der Waals surface area (Å²) in [4.78, 5) is 15.1. The van der Waals surface area contributed by atoms with Crippen molar-refractivity contribution in [2.45, 2.75) is 20.0 Å². The fourth-order valence-corrected chi connectivity index (χ4v) is 1.96. The van der Waals surface area contributed by atoms with Crippen molar-refractivity contribution in [1.82, 2.24) is 9.55 Å². The molecule has 0 aliphatic carbocycles. The van der Waals surface area contributed by atoms with Crippen molar-refractivity contribution >= 4 is 12.2 Å². The van der Waals surface area contributed by atoms with Gasteiger partial charge in [-0.05, 0) is 38.2 Å². The number of H-pyrrole nitrogens is 1. The zero-order valence-electron chi connectivity index (χ0n) is 10.2. The lowest BCUT2D eigenvalue weighted by Gasteiger charge is -2.10. The second-order valence-electron chi connectivity index (χ2n) is 4.20. The monoisotopic (exact) mass is 262 g/mol. The van der Waals surface area contributed by atoms with Crippen molar-refractivity contribution in [3.8, 4) is 5.69 Å². The van der Waals surface area contributed by atoms with E-state index in [0.717, 1.165) is 5.56 Å². The van der Waals surface area contributed by atoms with Crippen molar-refractivity contribution in [2.75, 3.05) is 0 Å². The normalized spacial score (nSPS) is 12.4. The van der Waals surface area contributed by atoms with Crippen LogP contribution in [-0.2, 0) is 0 Å². The molecule has 0 amide bonds. The van der Waals surface area contributed by atoms with Crippen LogP contribution in [0, 0.1) is 11.7 Å². The van der Waals surface area contributed by atoms with Crippen molar-refractivity contribution in [1.29, 1.82) is 0 Å². The summed E-state index contributed by atoms with van der Waals surface area (Å²) in [7, 11) is 0. The fraction of sp³-hybridized carbons (Fsp3) is 0.231. The van der Waals surface area contributed by atoms with Crippen LogP contribution in [0.25, 0.3) is 5.69 Å². The van der Waals surface area contributed by atoms with Gasteiger partial charge in [-0.15, -0.1) is 0 Å². The first-order valence-corrected chi connectivity index (χ1v) is 6.01. The minimum atomic E-state index is -0.832. The molecule has 0 radical (unpaired) electrons. The molecule has 0 saturated carbocycles. The van der Waals surface area contributed by atoms with Gasteiger partial charge in [-0.3, -0.25) is 9.36 Å². The third-order valence-corrected chi connectivity index (χ3v) is 3.05. The van der Waals surface area contributed by atoms with E-state index in [1.807, 2.05) is 31.2 Å². The Bertz CT molecular complexity index is 669. The third-order valence-electron chi connectivity index (χ3n) is 2.75. The highest BCUT2D eigenvalue weighted by atomic mass is 32.1. The van der Waals surface area contributed by atoms with Crippen LogP contribution in [0.2, 0.25) is 0 Å². The molecule has 0 bridgehead atoms.